The predicted molar refractivity (Wildman–Crippen MR) is 223 cm³/mol. The fourth-order valence-electron chi connectivity index (χ4n) is 11.3. The van der Waals surface area contributed by atoms with Crippen LogP contribution in [0, 0.1) is 0 Å². The zero-order valence-electron chi connectivity index (χ0n) is 29.9. The molecule has 1 aliphatic heterocycles. The molecule has 3 aliphatic carbocycles. The minimum atomic E-state index is -0.559. The van der Waals surface area contributed by atoms with Crippen LogP contribution in [0.5, 0.6) is 11.5 Å². The quantitative estimate of drug-likeness (QED) is 0.166. The van der Waals surface area contributed by atoms with Crippen molar-refractivity contribution < 1.29 is 4.74 Å². The second kappa shape index (κ2) is 10.4. The molecule has 254 valence electrons. The van der Waals surface area contributed by atoms with Crippen molar-refractivity contribution in [2.24, 2.45) is 0 Å². The van der Waals surface area contributed by atoms with E-state index in [2.05, 4.69) is 194 Å². The second-order valence-electron chi connectivity index (χ2n) is 15.4. The van der Waals surface area contributed by atoms with Gasteiger partial charge in [0.25, 0.3) is 0 Å². The molecule has 0 unspecified atom stereocenters. The van der Waals surface area contributed by atoms with Crippen molar-refractivity contribution in [1.82, 2.24) is 0 Å². The van der Waals surface area contributed by atoms with Crippen LogP contribution in [0.15, 0.2) is 194 Å². The molecule has 4 aliphatic rings. The normalized spacial score (nSPS) is 15.0. The SMILES string of the molecule is c1ccc2c(c1)Oc1c(cc(-c3cccc4c3-c3ccccc3C43c4ccccc4-c4ccccc43)c3ccccc13)C21c2ccccc2-c2ccccc21. The van der Waals surface area contributed by atoms with Crippen LogP contribution in [-0.4, -0.2) is 0 Å². The lowest BCUT2D eigenvalue weighted by atomic mass is 9.65. The fraction of sp³-hybridized carbons (Fsp3) is 0.0370. The van der Waals surface area contributed by atoms with E-state index in [4.69, 9.17) is 4.74 Å². The van der Waals surface area contributed by atoms with E-state index in [-0.39, 0.29) is 0 Å². The van der Waals surface area contributed by atoms with Gasteiger partial charge in [-0.15, -0.1) is 0 Å². The van der Waals surface area contributed by atoms with Gasteiger partial charge in [0.15, 0.2) is 0 Å². The van der Waals surface area contributed by atoms with Crippen LogP contribution in [0.4, 0.5) is 0 Å². The van der Waals surface area contributed by atoms with E-state index in [1.165, 1.54) is 94.4 Å². The van der Waals surface area contributed by atoms with Gasteiger partial charge in [0.2, 0.25) is 0 Å². The second-order valence-corrected chi connectivity index (χ2v) is 15.4. The van der Waals surface area contributed by atoms with Crippen molar-refractivity contribution in [3.05, 3.63) is 239 Å². The van der Waals surface area contributed by atoms with Gasteiger partial charge in [-0.25, -0.2) is 0 Å². The predicted octanol–water partition coefficient (Wildman–Crippen LogP) is 13.3. The maximum atomic E-state index is 7.10. The van der Waals surface area contributed by atoms with Crippen LogP contribution >= 0.6 is 0 Å². The Morgan fingerprint density at radius 3 is 1.25 bits per heavy atom. The summed E-state index contributed by atoms with van der Waals surface area (Å²) in [6.07, 6.45) is 0. The fourth-order valence-corrected chi connectivity index (χ4v) is 11.3. The standard InChI is InChI=1S/C54H32O/c1-2-21-39-33(16-1)41(32-49-52(39)55-50-31-14-13-29-47(50)54(49)44-26-10-5-19-36(44)37-20-6-11-27-45(37)54)38-23-15-30-48-51(38)40-22-7-12-28-46(40)53(48)42-24-8-3-17-34(42)35-18-4-9-25-43(35)53/h1-32H. The van der Waals surface area contributed by atoms with E-state index in [0.717, 1.165) is 16.9 Å². The van der Waals surface area contributed by atoms with Gasteiger partial charge >= 0.3 is 0 Å². The smallest absolute Gasteiger partial charge is 0.140 e. The van der Waals surface area contributed by atoms with E-state index in [9.17, 15) is 0 Å². The molecule has 0 fully saturated rings. The third-order valence-corrected chi connectivity index (χ3v) is 13.2. The van der Waals surface area contributed by atoms with E-state index >= 15 is 0 Å². The summed E-state index contributed by atoms with van der Waals surface area (Å²) in [5.74, 6) is 1.85. The van der Waals surface area contributed by atoms with Crippen LogP contribution in [-0.2, 0) is 10.8 Å². The average molecular weight is 697 g/mol. The lowest BCUT2D eigenvalue weighted by Crippen LogP contribution is -2.32. The molecule has 9 aromatic carbocycles. The van der Waals surface area contributed by atoms with E-state index in [1.807, 2.05) is 0 Å². The van der Waals surface area contributed by atoms with Crippen molar-refractivity contribution >= 4 is 10.8 Å². The highest BCUT2D eigenvalue weighted by Gasteiger charge is 2.54. The summed E-state index contributed by atoms with van der Waals surface area (Å²) in [5, 5.41) is 2.32. The molecule has 13 rings (SSSR count). The van der Waals surface area contributed by atoms with Crippen LogP contribution < -0.4 is 4.74 Å². The summed E-state index contributed by atoms with van der Waals surface area (Å²) in [7, 11) is 0. The van der Waals surface area contributed by atoms with Gasteiger partial charge in [-0.2, -0.15) is 0 Å². The topological polar surface area (TPSA) is 9.23 Å². The summed E-state index contributed by atoms with van der Waals surface area (Å²) in [5.41, 5.74) is 19.7. The molecule has 0 bridgehead atoms. The number of rotatable bonds is 1. The van der Waals surface area contributed by atoms with Gasteiger partial charge in [0, 0.05) is 16.5 Å². The Kier molecular flexibility index (Phi) is 5.56. The van der Waals surface area contributed by atoms with Crippen molar-refractivity contribution in [1.29, 1.82) is 0 Å². The molecule has 0 aromatic heterocycles. The molecule has 2 spiro atoms. The molecule has 0 atom stereocenters. The highest BCUT2D eigenvalue weighted by Crippen LogP contribution is 2.66. The first-order chi connectivity index (χ1) is 27.3. The highest BCUT2D eigenvalue weighted by atomic mass is 16.5. The average Bonchev–Trinajstić information content (AvgIpc) is 3.84. The van der Waals surface area contributed by atoms with Gasteiger partial charge < -0.3 is 4.74 Å². The lowest BCUT2D eigenvalue weighted by molar-refractivity contribution is 0.442. The van der Waals surface area contributed by atoms with Gasteiger partial charge in [0.05, 0.1) is 10.8 Å². The van der Waals surface area contributed by atoms with Gasteiger partial charge in [-0.05, 0) is 95.4 Å². The molecule has 0 saturated carbocycles. The van der Waals surface area contributed by atoms with E-state index in [0.29, 0.717) is 0 Å². The Morgan fingerprint density at radius 2 is 0.673 bits per heavy atom. The molecule has 0 amide bonds. The summed E-state index contributed by atoms with van der Waals surface area (Å²) in [4.78, 5) is 0. The van der Waals surface area contributed by atoms with Gasteiger partial charge in [-0.3, -0.25) is 0 Å². The molecule has 1 heterocycles. The number of hydrogen-bond donors (Lipinski definition) is 0. The van der Waals surface area contributed by atoms with Crippen molar-refractivity contribution in [2.75, 3.05) is 0 Å². The lowest BCUT2D eigenvalue weighted by Gasteiger charge is -2.40. The van der Waals surface area contributed by atoms with Crippen molar-refractivity contribution in [2.45, 2.75) is 10.8 Å². The minimum Gasteiger partial charge on any atom is -0.456 e. The Bertz CT molecular complexity index is 3050. The number of hydrogen-bond acceptors (Lipinski definition) is 1. The van der Waals surface area contributed by atoms with Gasteiger partial charge in [-0.1, -0.05) is 182 Å². The molecule has 55 heavy (non-hydrogen) atoms. The summed E-state index contributed by atoms with van der Waals surface area (Å²) < 4.78 is 7.10. The molecule has 9 aromatic rings. The zero-order valence-corrected chi connectivity index (χ0v) is 29.9. The first-order valence-corrected chi connectivity index (χ1v) is 19.3. The van der Waals surface area contributed by atoms with Crippen LogP contribution in [0.2, 0.25) is 0 Å². The Hall–Kier alpha value is -6.96. The number of benzene rings is 9. The summed E-state index contributed by atoms with van der Waals surface area (Å²) >= 11 is 0. The number of ether oxygens (including phenoxy) is 1. The molecule has 0 radical (unpaired) electrons. The van der Waals surface area contributed by atoms with Crippen LogP contribution in [0.25, 0.3) is 55.3 Å². The minimum absolute atomic E-state index is 0.411. The first kappa shape index (κ1) is 29.5. The highest BCUT2D eigenvalue weighted by molar-refractivity contribution is 6.08. The summed E-state index contributed by atoms with van der Waals surface area (Å²) in [6, 6.07) is 72.4. The summed E-state index contributed by atoms with van der Waals surface area (Å²) in [6.45, 7) is 0. The zero-order chi connectivity index (χ0) is 35.9. The van der Waals surface area contributed by atoms with Crippen LogP contribution in [0.3, 0.4) is 0 Å². The molecular formula is C54H32O. The number of fused-ring (bicyclic) bond motifs is 21. The van der Waals surface area contributed by atoms with Crippen LogP contribution in [0.1, 0.15) is 44.5 Å². The maximum absolute atomic E-state index is 7.10. The Labute approximate surface area is 319 Å². The molecule has 1 heteroatoms. The largest absolute Gasteiger partial charge is 0.456 e. The Balaban J connectivity index is 1.18. The maximum Gasteiger partial charge on any atom is 0.140 e. The number of para-hydroxylation sites is 1. The van der Waals surface area contributed by atoms with Gasteiger partial charge in [0.1, 0.15) is 11.5 Å². The first-order valence-electron chi connectivity index (χ1n) is 19.3. The molecule has 1 nitrogen and oxygen atoms in total. The van der Waals surface area contributed by atoms with Crippen molar-refractivity contribution in [3.63, 3.8) is 0 Å². The monoisotopic (exact) mass is 696 g/mol. The molecular weight excluding hydrogens is 665 g/mol. The molecule has 0 N–H and O–H groups in total. The third-order valence-electron chi connectivity index (χ3n) is 13.2. The van der Waals surface area contributed by atoms with E-state index in [1.54, 1.807) is 0 Å². The van der Waals surface area contributed by atoms with Crippen molar-refractivity contribution in [3.8, 4) is 56.0 Å². The third kappa shape index (κ3) is 3.38. The van der Waals surface area contributed by atoms with E-state index < -0.39 is 10.8 Å². The molecule has 0 saturated heterocycles. The Morgan fingerprint density at radius 1 is 0.273 bits per heavy atom.